The lowest BCUT2D eigenvalue weighted by Crippen LogP contribution is -2.41. The van der Waals surface area contributed by atoms with Gasteiger partial charge in [0.15, 0.2) is 6.54 Å². The molecule has 1 saturated carbocycles. The summed E-state index contributed by atoms with van der Waals surface area (Å²) in [4.78, 5) is 0. The number of benzene rings is 1. The summed E-state index contributed by atoms with van der Waals surface area (Å²) in [6, 6.07) is 7.25. The van der Waals surface area contributed by atoms with E-state index >= 15 is 0 Å². The first kappa shape index (κ1) is 15.1. The van der Waals surface area contributed by atoms with Crippen LogP contribution in [-0.2, 0) is 5.41 Å². The Balaban J connectivity index is 0.00000162. The Morgan fingerprint density at radius 1 is 1.11 bits per heavy atom. The minimum absolute atomic E-state index is 0. The van der Waals surface area contributed by atoms with Crippen molar-refractivity contribution in [1.82, 2.24) is 6.15 Å². The highest BCUT2D eigenvalue weighted by molar-refractivity contribution is 5.30. The molecule has 1 aromatic rings. The van der Waals surface area contributed by atoms with Gasteiger partial charge in [-0.15, -0.1) is 0 Å². The van der Waals surface area contributed by atoms with E-state index in [-0.39, 0.29) is 17.4 Å². The quantitative estimate of drug-likeness (QED) is 0.818. The minimum atomic E-state index is -0.0659. The number of likely N-dealkylation sites (N-methyl/N-ethyl adjacent to an activating group) is 1. The first-order chi connectivity index (χ1) is 7.93. The van der Waals surface area contributed by atoms with Crippen molar-refractivity contribution in [2.75, 3.05) is 21.1 Å². The molecule has 0 aromatic heterocycles. The summed E-state index contributed by atoms with van der Waals surface area (Å²) in [5.41, 5.74) is 0.814. The number of hydrogen-bond donors (Lipinski definition) is 1. The second-order valence-corrected chi connectivity index (χ2v) is 6.09. The maximum Gasteiger partial charge on any atom is 0.152 e. The molecule has 1 aliphatic carbocycles. The second-order valence-electron chi connectivity index (χ2n) is 6.09. The lowest BCUT2D eigenvalue weighted by molar-refractivity contribution is -0.844. The fraction of sp³-hybridized carbons (Fsp3) is 0.533. The Bertz CT molecular complexity index is 390. The standard InChI is InChI=1S/C15H22FN.H3N/c1-17(2,3)12-15(10-6-7-11-15)13-8-4-5-9-14(13)16;/h4-5,8-9,12H,6-7,10-11H2,1-3H3;1H3/q+1;. The molecule has 18 heavy (non-hydrogen) atoms. The van der Waals surface area contributed by atoms with E-state index in [0.29, 0.717) is 0 Å². The molecular weight excluding hydrogens is 227 g/mol. The lowest BCUT2D eigenvalue weighted by Gasteiger charge is -2.36. The Hall–Kier alpha value is -0.930. The van der Waals surface area contributed by atoms with Gasteiger partial charge in [0.05, 0.1) is 26.6 Å². The predicted octanol–water partition coefficient (Wildman–Crippen LogP) is 3.67. The van der Waals surface area contributed by atoms with Crippen molar-refractivity contribution in [2.24, 2.45) is 0 Å². The number of halogens is 1. The highest BCUT2D eigenvalue weighted by Crippen LogP contribution is 2.45. The molecule has 0 heterocycles. The molecule has 3 heteroatoms. The fourth-order valence-electron chi connectivity index (χ4n) is 3.08. The van der Waals surface area contributed by atoms with Gasteiger partial charge in [-0.3, -0.25) is 0 Å². The van der Waals surface area contributed by atoms with E-state index in [1.165, 1.54) is 12.8 Å². The highest BCUT2D eigenvalue weighted by Gasteiger charge is 2.42. The molecule has 3 N–H and O–H groups in total. The summed E-state index contributed by atoms with van der Waals surface area (Å²) in [6.45, 7) is 2.30. The zero-order valence-electron chi connectivity index (χ0n) is 11.7. The van der Waals surface area contributed by atoms with Gasteiger partial charge in [0.1, 0.15) is 5.82 Å². The summed E-state index contributed by atoms with van der Waals surface area (Å²) in [7, 11) is 6.42. The average molecular weight is 252 g/mol. The van der Waals surface area contributed by atoms with Crippen LogP contribution in [0.5, 0.6) is 0 Å². The number of quaternary nitrogens is 1. The van der Waals surface area contributed by atoms with Gasteiger partial charge in [0.25, 0.3) is 0 Å². The molecule has 1 aromatic carbocycles. The maximum atomic E-state index is 14.0. The molecule has 101 valence electrons. The van der Waals surface area contributed by atoms with Crippen LogP contribution in [0.25, 0.3) is 0 Å². The van der Waals surface area contributed by atoms with Gasteiger partial charge in [-0.05, 0) is 18.9 Å². The number of rotatable bonds is 3. The number of nitrogens with zero attached hydrogens (tertiary/aromatic N) is 1. The van der Waals surface area contributed by atoms with E-state index in [0.717, 1.165) is 22.9 Å². The van der Waals surface area contributed by atoms with E-state index in [1.54, 1.807) is 12.1 Å². The molecule has 0 saturated heterocycles. The summed E-state index contributed by atoms with van der Waals surface area (Å²) in [6.07, 6.45) is 4.54. The zero-order chi connectivity index (χ0) is 12.5. The first-order valence-corrected chi connectivity index (χ1v) is 6.36. The Labute approximate surface area is 110 Å². The molecule has 0 aliphatic heterocycles. The molecule has 1 fully saturated rings. The first-order valence-electron chi connectivity index (χ1n) is 6.36. The smallest absolute Gasteiger partial charge is 0.152 e. The topological polar surface area (TPSA) is 35.0 Å². The maximum absolute atomic E-state index is 14.0. The van der Waals surface area contributed by atoms with Crippen LogP contribution in [0.3, 0.4) is 0 Å². The number of hydrogen-bond acceptors (Lipinski definition) is 1. The van der Waals surface area contributed by atoms with Gasteiger partial charge in [0, 0.05) is 5.56 Å². The van der Waals surface area contributed by atoms with Crippen LogP contribution >= 0.6 is 0 Å². The lowest BCUT2D eigenvalue weighted by atomic mass is 9.77. The van der Waals surface area contributed by atoms with Gasteiger partial charge in [-0.2, -0.15) is 0 Å². The van der Waals surface area contributed by atoms with Crippen LogP contribution in [0.15, 0.2) is 24.3 Å². The average Bonchev–Trinajstić information content (AvgIpc) is 2.65. The zero-order valence-corrected chi connectivity index (χ0v) is 11.7. The van der Waals surface area contributed by atoms with Crippen molar-refractivity contribution in [3.05, 3.63) is 42.2 Å². The van der Waals surface area contributed by atoms with Gasteiger partial charge >= 0.3 is 0 Å². The van der Waals surface area contributed by atoms with Crippen LogP contribution in [0.1, 0.15) is 31.2 Å². The Morgan fingerprint density at radius 2 is 1.67 bits per heavy atom. The van der Waals surface area contributed by atoms with Crippen LogP contribution in [-0.4, -0.2) is 25.6 Å². The summed E-state index contributed by atoms with van der Waals surface area (Å²) in [5, 5.41) is 0. The predicted molar refractivity (Wildman–Crippen MR) is 73.9 cm³/mol. The largest absolute Gasteiger partial charge is 0.344 e. The Kier molecular flexibility index (Phi) is 4.51. The molecule has 0 spiro atoms. The minimum Gasteiger partial charge on any atom is -0.344 e. The van der Waals surface area contributed by atoms with Gasteiger partial charge in [0.2, 0.25) is 0 Å². The van der Waals surface area contributed by atoms with Crippen molar-refractivity contribution in [3.63, 3.8) is 0 Å². The van der Waals surface area contributed by atoms with Crippen molar-refractivity contribution in [1.29, 1.82) is 0 Å². The molecule has 2 rings (SSSR count). The highest BCUT2D eigenvalue weighted by atomic mass is 19.1. The van der Waals surface area contributed by atoms with E-state index in [9.17, 15) is 4.39 Å². The van der Waals surface area contributed by atoms with Crippen molar-refractivity contribution in [3.8, 4) is 0 Å². The van der Waals surface area contributed by atoms with E-state index in [4.69, 9.17) is 0 Å². The van der Waals surface area contributed by atoms with Crippen LogP contribution in [0, 0.1) is 12.4 Å². The van der Waals surface area contributed by atoms with Gasteiger partial charge < -0.3 is 10.6 Å². The molecule has 0 atom stereocenters. The van der Waals surface area contributed by atoms with Crippen molar-refractivity contribution >= 4 is 0 Å². The van der Waals surface area contributed by atoms with Crippen LogP contribution in [0.2, 0.25) is 0 Å². The normalized spacial score (nSPS) is 18.4. The second kappa shape index (κ2) is 5.37. The molecule has 2 nitrogen and oxygen atoms in total. The van der Waals surface area contributed by atoms with Crippen molar-refractivity contribution in [2.45, 2.75) is 31.1 Å². The summed E-state index contributed by atoms with van der Waals surface area (Å²) < 4.78 is 14.8. The fourth-order valence-corrected chi connectivity index (χ4v) is 3.08. The third-order valence-electron chi connectivity index (χ3n) is 3.54. The molecule has 0 amide bonds. The van der Waals surface area contributed by atoms with E-state index in [2.05, 4.69) is 27.7 Å². The molecule has 0 bridgehead atoms. The monoisotopic (exact) mass is 252 g/mol. The molecule has 1 aliphatic rings. The van der Waals surface area contributed by atoms with Gasteiger partial charge in [-0.1, -0.05) is 31.0 Å². The van der Waals surface area contributed by atoms with E-state index < -0.39 is 0 Å². The SMILES string of the molecule is C[N+](C)(C)[CH]C1(c2ccccc2F)CCCC1.N. The van der Waals surface area contributed by atoms with Gasteiger partial charge in [-0.25, -0.2) is 4.39 Å². The van der Waals surface area contributed by atoms with Crippen LogP contribution in [0.4, 0.5) is 4.39 Å². The molecular formula is C15H25FN2+. The summed E-state index contributed by atoms with van der Waals surface area (Å²) in [5.74, 6) is -0.0564. The molecule has 1 radical (unpaired) electrons. The summed E-state index contributed by atoms with van der Waals surface area (Å²) >= 11 is 0. The van der Waals surface area contributed by atoms with Crippen molar-refractivity contribution < 1.29 is 8.87 Å². The van der Waals surface area contributed by atoms with Crippen LogP contribution < -0.4 is 6.15 Å². The third kappa shape index (κ3) is 3.09. The Morgan fingerprint density at radius 3 is 2.17 bits per heavy atom. The third-order valence-corrected chi connectivity index (χ3v) is 3.54. The molecule has 0 unspecified atom stereocenters. The van der Waals surface area contributed by atoms with E-state index in [1.807, 2.05) is 12.1 Å².